The number of ether oxygens (including phenoxy) is 1. The van der Waals surface area contributed by atoms with Crippen molar-refractivity contribution >= 4 is 17.7 Å². The zero-order valence-electron chi connectivity index (χ0n) is 8.95. The Morgan fingerprint density at radius 2 is 2.20 bits per heavy atom. The number of benzene rings is 1. The quantitative estimate of drug-likeness (QED) is 0.775. The highest BCUT2D eigenvalue weighted by Gasteiger charge is 2.03. The first-order valence-electron chi connectivity index (χ1n) is 4.65. The minimum Gasteiger partial charge on any atom is -0.375 e. The molecule has 0 atom stereocenters. The minimum atomic E-state index is -0.0894. The maximum Gasteiger partial charge on any atom is 0.246 e. The average molecular weight is 225 g/mol. The van der Waals surface area contributed by atoms with Gasteiger partial charge in [0.1, 0.15) is 6.61 Å². The fraction of sp³-hybridized carbons (Fsp3) is 0.364. The van der Waals surface area contributed by atoms with E-state index in [2.05, 4.69) is 5.32 Å². The van der Waals surface area contributed by atoms with Crippen molar-refractivity contribution < 1.29 is 9.53 Å². The SMILES string of the molecule is COCC(=O)NCc1ccccc1SC. The molecule has 0 unspecified atom stereocenters. The molecule has 3 nitrogen and oxygen atoms in total. The van der Waals surface area contributed by atoms with E-state index >= 15 is 0 Å². The maximum absolute atomic E-state index is 11.2. The van der Waals surface area contributed by atoms with Crippen LogP contribution in [0.3, 0.4) is 0 Å². The van der Waals surface area contributed by atoms with Gasteiger partial charge in [-0.25, -0.2) is 0 Å². The van der Waals surface area contributed by atoms with Gasteiger partial charge in [0, 0.05) is 18.6 Å². The molecular weight excluding hydrogens is 210 g/mol. The van der Waals surface area contributed by atoms with E-state index in [4.69, 9.17) is 4.74 Å². The molecule has 0 saturated heterocycles. The third-order valence-electron chi connectivity index (χ3n) is 1.94. The molecule has 0 heterocycles. The van der Waals surface area contributed by atoms with Gasteiger partial charge >= 0.3 is 0 Å². The van der Waals surface area contributed by atoms with Crippen LogP contribution in [0.1, 0.15) is 5.56 Å². The lowest BCUT2D eigenvalue weighted by atomic mass is 10.2. The highest BCUT2D eigenvalue weighted by Crippen LogP contribution is 2.19. The number of amides is 1. The summed E-state index contributed by atoms with van der Waals surface area (Å²) in [6, 6.07) is 8.02. The van der Waals surface area contributed by atoms with Crippen LogP contribution in [0.4, 0.5) is 0 Å². The van der Waals surface area contributed by atoms with Gasteiger partial charge in [0.05, 0.1) is 0 Å². The van der Waals surface area contributed by atoms with Gasteiger partial charge in [0.25, 0.3) is 0 Å². The molecule has 1 amide bonds. The number of carbonyl (C=O) groups is 1. The summed E-state index contributed by atoms with van der Waals surface area (Å²) < 4.78 is 4.73. The standard InChI is InChI=1S/C11H15NO2S/c1-14-8-11(13)12-7-9-5-3-4-6-10(9)15-2/h3-6H,7-8H2,1-2H3,(H,12,13). The van der Waals surface area contributed by atoms with E-state index in [9.17, 15) is 4.79 Å². The summed E-state index contributed by atoms with van der Waals surface area (Å²) >= 11 is 1.68. The highest BCUT2D eigenvalue weighted by molar-refractivity contribution is 7.98. The molecule has 15 heavy (non-hydrogen) atoms. The van der Waals surface area contributed by atoms with Crippen LogP contribution >= 0.6 is 11.8 Å². The Kier molecular flexibility index (Phi) is 5.21. The molecule has 0 radical (unpaired) electrons. The van der Waals surface area contributed by atoms with Crippen LogP contribution in [0.25, 0.3) is 0 Å². The number of rotatable bonds is 5. The summed E-state index contributed by atoms with van der Waals surface area (Å²) in [5.74, 6) is -0.0894. The van der Waals surface area contributed by atoms with Crippen LogP contribution in [-0.4, -0.2) is 25.9 Å². The molecule has 0 fully saturated rings. The normalized spacial score (nSPS) is 10.0. The summed E-state index contributed by atoms with van der Waals surface area (Å²) in [6.45, 7) is 0.667. The smallest absolute Gasteiger partial charge is 0.246 e. The molecule has 0 aliphatic carbocycles. The molecule has 0 aliphatic rings. The van der Waals surface area contributed by atoms with E-state index in [1.54, 1.807) is 11.8 Å². The van der Waals surface area contributed by atoms with E-state index in [-0.39, 0.29) is 12.5 Å². The van der Waals surface area contributed by atoms with Gasteiger partial charge in [0.15, 0.2) is 0 Å². The Hall–Kier alpha value is -1.00. The zero-order valence-corrected chi connectivity index (χ0v) is 9.76. The van der Waals surface area contributed by atoms with Crippen LogP contribution in [0, 0.1) is 0 Å². The molecule has 0 aromatic heterocycles. The van der Waals surface area contributed by atoms with E-state index in [1.807, 2.05) is 30.5 Å². The molecule has 0 saturated carbocycles. The van der Waals surface area contributed by atoms with Crippen LogP contribution in [-0.2, 0) is 16.1 Å². The van der Waals surface area contributed by atoms with E-state index in [0.29, 0.717) is 6.54 Å². The van der Waals surface area contributed by atoms with Crippen molar-refractivity contribution in [2.45, 2.75) is 11.4 Å². The van der Waals surface area contributed by atoms with E-state index in [1.165, 1.54) is 12.0 Å². The van der Waals surface area contributed by atoms with E-state index < -0.39 is 0 Å². The summed E-state index contributed by atoms with van der Waals surface area (Å²) in [6.07, 6.45) is 2.02. The molecule has 0 bridgehead atoms. The second-order valence-corrected chi connectivity index (χ2v) is 3.87. The van der Waals surface area contributed by atoms with Crippen molar-refractivity contribution in [1.29, 1.82) is 0 Å². The molecule has 0 aliphatic heterocycles. The fourth-order valence-electron chi connectivity index (χ4n) is 1.22. The van der Waals surface area contributed by atoms with Gasteiger partial charge in [-0.05, 0) is 17.9 Å². The third kappa shape index (κ3) is 3.93. The molecule has 4 heteroatoms. The second kappa shape index (κ2) is 6.48. The lowest BCUT2D eigenvalue weighted by Crippen LogP contribution is -2.26. The minimum absolute atomic E-state index is 0.0894. The number of nitrogens with one attached hydrogen (secondary N) is 1. The Bertz CT molecular complexity index is 328. The molecule has 1 aromatic carbocycles. The Morgan fingerprint density at radius 1 is 1.47 bits per heavy atom. The fourth-order valence-corrected chi connectivity index (χ4v) is 1.84. The predicted octanol–water partition coefficient (Wildman–Crippen LogP) is 1.67. The Morgan fingerprint density at radius 3 is 2.87 bits per heavy atom. The second-order valence-electron chi connectivity index (χ2n) is 3.02. The molecule has 1 rings (SSSR count). The van der Waals surface area contributed by atoms with Crippen LogP contribution in [0.2, 0.25) is 0 Å². The Balaban J connectivity index is 2.53. The first-order chi connectivity index (χ1) is 7.27. The van der Waals surface area contributed by atoms with Crippen molar-refractivity contribution in [3.05, 3.63) is 29.8 Å². The van der Waals surface area contributed by atoms with Crippen molar-refractivity contribution in [2.75, 3.05) is 20.0 Å². The molecule has 0 spiro atoms. The first kappa shape index (κ1) is 12.1. The number of methoxy groups -OCH3 is 1. The summed E-state index contributed by atoms with van der Waals surface area (Å²) in [7, 11) is 1.51. The Labute approximate surface area is 94.2 Å². The lowest BCUT2D eigenvalue weighted by molar-refractivity contribution is -0.124. The monoisotopic (exact) mass is 225 g/mol. The van der Waals surface area contributed by atoms with Gasteiger partial charge in [-0.3, -0.25) is 4.79 Å². The van der Waals surface area contributed by atoms with Gasteiger partial charge in [0.2, 0.25) is 5.91 Å². The van der Waals surface area contributed by atoms with Crippen LogP contribution in [0.15, 0.2) is 29.2 Å². The number of hydrogen-bond acceptors (Lipinski definition) is 3. The predicted molar refractivity (Wildman–Crippen MR) is 61.9 cm³/mol. The number of carbonyl (C=O) groups excluding carboxylic acids is 1. The third-order valence-corrected chi connectivity index (χ3v) is 2.78. The largest absolute Gasteiger partial charge is 0.375 e. The van der Waals surface area contributed by atoms with Gasteiger partial charge in [-0.2, -0.15) is 0 Å². The summed E-state index contributed by atoms with van der Waals surface area (Å²) in [5.41, 5.74) is 1.13. The molecular formula is C11H15NO2S. The van der Waals surface area contributed by atoms with Crippen molar-refractivity contribution in [3.8, 4) is 0 Å². The van der Waals surface area contributed by atoms with Gasteiger partial charge in [-0.15, -0.1) is 11.8 Å². The van der Waals surface area contributed by atoms with Crippen molar-refractivity contribution in [3.63, 3.8) is 0 Å². The first-order valence-corrected chi connectivity index (χ1v) is 5.88. The van der Waals surface area contributed by atoms with Crippen molar-refractivity contribution in [1.82, 2.24) is 5.32 Å². The molecule has 1 aromatic rings. The van der Waals surface area contributed by atoms with E-state index in [0.717, 1.165) is 5.56 Å². The number of hydrogen-bond donors (Lipinski definition) is 1. The number of thioether (sulfide) groups is 1. The highest BCUT2D eigenvalue weighted by atomic mass is 32.2. The van der Waals surface area contributed by atoms with Crippen molar-refractivity contribution in [2.24, 2.45) is 0 Å². The zero-order chi connectivity index (χ0) is 11.1. The topological polar surface area (TPSA) is 38.3 Å². The van der Waals surface area contributed by atoms with Crippen LogP contribution in [0.5, 0.6) is 0 Å². The van der Waals surface area contributed by atoms with Gasteiger partial charge in [-0.1, -0.05) is 18.2 Å². The molecule has 1 N–H and O–H groups in total. The van der Waals surface area contributed by atoms with Gasteiger partial charge < -0.3 is 10.1 Å². The average Bonchev–Trinajstić information content (AvgIpc) is 2.27. The maximum atomic E-state index is 11.2. The van der Waals surface area contributed by atoms with Crippen LogP contribution < -0.4 is 5.32 Å². The summed E-state index contributed by atoms with van der Waals surface area (Å²) in [5, 5.41) is 2.80. The molecule has 82 valence electrons. The summed E-state index contributed by atoms with van der Waals surface area (Å²) in [4.78, 5) is 12.4. The lowest BCUT2D eigenvalue weighted by Gasteiger charge is -2.08.